The molecular formula is C17H17FN3O4S-. The molecule has 0 saturated heterocycles. The number of aromatic nitrogens is 1. The van der Waals surface area contributed by atoms with E-state index >= 15 is 0 Å². The van der Waals surface area contributed by atoms with Gasteiger partial charge in [-0.2, -0.15) is 0 Å². The molecule has 0 saturated carbocycles. The first-order valence-corrected chi connectivity index (χ1v) is 8.98. The fourth-order valence-electron chi connectivity index (χ4n) is 2.63. The van der Waals surface area contributed by atoms with Gasteiger partial charge in [-0.1, -0.05) is 12.1 Å². The van der Waals surface area contributed by atoms with E-state index in [1.54, 1.807) is 26.0 Å². The maximum absolute atomic E-state index is 13.0. The number of nitrogens with zero attached hydrogens (tertiary/aromatic N) is 2. The Hall–Kier alpha value is -2.52. The second-order valence-corrected chi connectivity index (χ2v) is 6.89. The van der Waals surface area contributed by atoms with Gasteiger partial charge in [0, 0.05) is 11.3 Å². The molecule has 3 rings (SSSR count). The van der Waals surface area contributed by atoms with Crippen LogP contribution in [0.4, 0.5) is 15.8 Å². The second-order valence-electron chi connectivity index (χ2n) is 6.02. The Morgan fingerprint density at radius 1 is 1.46 bits per heavy atom. The average Bonchev–Trinajstić information content (AvgIpc) is 2.61. The van der Waals surface area contributed by atoms with Crippen molar-refractivity contribution in [2.45, 2.75) is 25.9 Å². The lowest BCUT2D eigenvalue weighted by Crippen LogP contribution is -2.39. The van der Waals surface area contributed by atoms with E-state index in [1.165, 1.54) is 24.4 Å². The molecule has 2 aromatic rings. The molecule has 3 atom stereocenters. The number of hydrogen-bond donors (Lipinski definition) is 1. The molecule has 2 heterocycles. The predicted molar refractivity (Wildman–Crippen MR) is 94.0 cm³/mol. The Balaban J connectivity index is 1.80. The van der Waals surface area contributed by atoms with Crippen molar-refractivity contribution < 1.29 is 22.7 Å². The molecule has 26 heavy (non-hydrogen) atoms. The van der Waals surface area contributed by atoms with Crippen LogP contribution in [0.25, 0.3) is 0 Å². The van der Waals surface area contributed by atoms with Crippen molar-refractivity contribution in [3.63, 3.8) is 0 Å². The summed E-state index contributed by atoms with van der Waals surface area (Å²) in [6.07, 6.45) is 1.07. The van der Waals surface area contributed by atoms with Gasteiger partial charge in [-0.15, -0.1) is 0 Å². The van der Waals surface area contributed by atoms with Crippen LogP contribution >= 0.6 is 0 Å². The minimum absolute atomic E-state index is 0.161. The van der Waals surface area contributed by atoms with Crippen molar-refractivity contribution in [2.24, 2.45) is 0 Å². The molecule has 3 unspecified atom stereocenters. The highest BCUT2D eigenvalue weighted by molar-refractivity contribution is 7.80. The summed E-state index contributed by atoms with van der Waals surface area (Å²) >= 11 is -2.48. The molecule has 0 spiro atoms. The number of halogens is 1. The third kappa shape index (κ3) is 3.83. The lowest BCUT2D eigenvalue weighted by atomic mass is 10.0. The smallest absolute Gasteiger partial charge is 0.238 e. The molecule has 1 N–H and O–H groups in total. The lowest BCUT2D eigenvalue weighted by molar-refractivity contribution is -0.117. The minimum atomic E-state index is -2.48. The van der Waals surface area contributed by atoms with Gasteiger partial charge in [0.25, 0.3) is 0 Å². The highest BCUT2D eigenvalue weighted by Crippen LogP contribution is 2.34. The third-order valence-electron chi connectivity index (χ3n) is 4.05. The van der Waals surface area contributed by atoms with Crippen molar-refractivity contribution in [1.29, 1.82) is 0 Å². The molecule has 0 fully saturated rings. The minimum Gasteiger partial charge on any atom is -0.755 e. The van der Waals surface area contributed by atoms with E-state index in [4.69, 9.17) is 4.74 Å². The van der Waals surface area contributed by atoms with Crippen LogP contribution in [-0.4, -0.2) is 32.3 Å². The summed E-state index contributed by atoms with van der Waals surface area (Å²) in [4.78, 5) is 16.5. The molecule has 138 valence electrons. The SMILES string of the molecule is CC1CN(S(=O)[O-])c2cc(NC(=O)C(C)c3ccc(F)cc3)cnc2O1. The summed E-state index contributed by atoms with van der Waals surface area (Å²) < 4.78 is 42.6. The average molecular weight is 378 g/mol. The first-order chi connectivity index (χ1) is 12.3. The van der Waals surface area contributed by atoms with E-state index in [-0.39, 0.29) is 35.9 Å². The highest BCUT2D eigenvalue weighted by atomic mass is 32.2. The number of ether oxygens (including phenoxy) is 1. The number of benzene rings is 1. The van der Waals surface area contributed by atoms with Gasteiger partial charge in [0.1, 0.15) is 17.6 Å². The lowest BCUT2D eigenvalue weighted by Gasteiger charge is -2.34. The number of fused-ring (bicyclic) bond motifs is 1. The van der Waals surface area contributed by atoms with Gasteiger partial charge < -0.3 is 14.6 Å². The van der Waals surface area contributed by atoms with E-state index in [1.807, 2.05) is 0 Å². The zero-order valence-corrected chi connectivity index (χ0v) is 15.0. The van der Waals surface area contributed by atoms with Crippen LogP contribution < -0.4 is 14.4 Å². The van der Waals surface area contributed by atoms with Crippen LogP contribution in [-0.2, 0) is 16.1 Å². The van der Waals surface area contributed by atoms with Gasteiger partial charge in [-0.25, -0.2) is 9.37 Å². The molecule has 1 amide bonds. The zero-order valence-electron chi connectivity index (χ0n) is 14.1. The van der Waals surface area contributed by atoms with Crippen molar-refractivity contribution in [2.75, 3.05) is 16.2 Å². The molecule has 0 aliphatic carbocycles. The van der Waals surface area contributed by atoms with E-state index < -0.39 is 17.2 Å². The number of pyridine rings is 1. The van der Waals surface area contributed by atoms with E-state index in [9.17, 15) is 17.9 Å². The molecular weight excluding hydrogens is 361 g/mol. The summed E-state index contributed by atoms with van der Waals surface area (Å²) in [5.41, 5.74) is 1.27. The molecule has 1 aromatic heterocycles. The summed E-state index contributed by atoms with van der Waals surface area (Å²) in [7, 11) is 0. The van der Waals surface area contributed by atoms with Gasteiger partial charge in [-0.3, -0.25) is 13.3 Å². The number of amides is 1. The normalized spacial score (nSPS) is 18.5. The van der Waals surface area contributed by atoms with Crippen molar-refractivity contribution >= 4 is 28.5 Å². The van der Waals surface area contributed by atoms with Crippen LogP contribution in [0, 0.1) is 5.82 Å². The Labute approximate surface area is 152 Å². The van der Waals surface area contributed by atoms with Crippen LogP contribution in [0.3, 0.4) is 0 Å². The topological polar surface area (TPSA) is 94.6 Å². The van der Waals surface area contributed by atoms with Gasteiger partial charge in [0.2, 0.25) is 11.8 Å². The first-order valence-electron chi connectivity index (χ1n) is 7.95. The number of carbonyl (C=O) groups is 1. The Kier molecular flexibility index (Phi) is 5.19. The van der Waals surface area contributed by atoms with Gasteiger partial charge in [-0.05, 0) is 37.6 Å². The Bertz CT molecular complexity index is 846. The summed E-state index contributed by atoms with van der Waals surface area (Å²) in [6.45, 7) is 3.59. The quantitative estimate of drug-likeness (QED) is 0.824. The second kappa shape index (κ2) is 7.38. The Morgan fingerprint density at radius 2 is 2.15 bits per heavy atom. The molecule has 1 aliphatic heterocycles. The van der Waals surface area contributed by atoms with Gasteiger partial charge in [0.15, 0.2) is 0 Å². The molecule has 0 radical (unpaired) electrons. The van der Waals surface area contributed by atoms with Crippen molar-refractivity contribution in [3.05, 3.63) is 47.9 Å². The number of nitrogens with one attached hydrogen (secondary N) is 1. The molecule has 0 bridgehead atoms. The largest absolute Gasteiger partial charge is 0.755 e. The summed E-state index contributed by atoms with van der Waals surface area (Å²) in [5.74, 6) is -1.02. The number of hydrogen-bond acceptors (Lipinski definition) is 5. The third-order valence-corrected chi connectivity index (χ3v) is 4.75. The van der Waals surface area contributed by atoms with Gasteiger partial charge >= 0.3 is 0 Å². The highest BCUT2D eigenvalue weighted by Gasteiger charge is 2.26. The zero-order chi connectivity index (χ0) is 18.8. The fourth-order valence-corrected chi connectivity index (χ4v) is 3.26. The number of rotatable bonds is 4. The maximum atomic E-state index is 13.0. The molecule has 7 nitrogen and oxygen atoms in total. The standard InChI is InChI=1S/C17H18FN3O4S/c1-10-9-21(26(23)24)15-7-14(8-19-17(15)25-10)20-16(22)11(2)12-3-5-13(18)6-4-12/h3-8,10-11H,9H2,1-2H3,(H,20,22)(H,23,24)/p-1. The van der Waals surface area contributed by atoms with Crippen molar-refractivity contribution in [3.8, 4) is 5.88 Å². The number of anilines is 2. The number of carbonyl (C=O) groups excluding carboxylic acids is 1. The van der Waals surface area contributed by atoms with Crippen LogP contribution in [0.15, 0.2) is 36.5 Å². The Morgan fingerprint density at radius 3 is 2.81 bits per heavy atom. The van der Waals surface area contributed by atoms with E-state index in [2.05, 4.69) is 10.3 Å². The van der Waals surface area contributed by atoms with Crippen LogP contribution in [0.2, 0.25) is 0 Å². The van der Waals surface area contributed by atoms with Crippen LogP contribution in [0.1, 0.15) is 25.3 Å². The molecule has 1 aromatic carbocycles. The van der Waals surface area contributed by atoms with Crippen molar-refractivity contribution in [1.82, 2.24) is 4.98 Å². The molecule has 9 heteroatoms. The first kappa shape index (κ1) is 18.3. The van der Waals surface area contributed by atoms with Crippen LogP contribution in [0.5, 0.6) is 5.88 Å². The molecule has 1 aliphatic rings. The monoisotopic (exact) mass is 378 g/mol. The predicted octanol–water partition coefficient (Wildman–Crippen LogP) is 2.34. The summed E-state index contributed by atoms with van der Waals surface area (Å²) in [5, 5.41) is 2.70. The fraction of sp³-hybridized carbons (Fsp3) is 0.294. The maximum Gasteiger partial charge on any atom is 0.238 e. The van der Waals surface area contributed by atoms with Gasteiger partial charge in [0.05, 0.1) is 24.3 Å². The van der Waals surface area contributed by atoms with E-state index in [0.29, 0.717) is 11.3 Å². The summed E-state index contributed by atoms with van der Waals surface area (Å²) in [6, 6.07) is 7.17. The van der Waals surface area contributed by atoms with E-state index in [0.717, 1.165) is 4.31 Å².